The molecule has 0 aliphatic carbocycles. The molecule has 0 saturated carbocycles. The first-order chi connectivity index (χ1) is 12.8. The molecule has 0 radical (unpaired) electrons. The van der Waals surface area contributed by atoms with Crippen LogP contribution in [0.4, 0.5) is 10.5 Å². The highest BCUT2D eigenvalue weighted by atomic mass is 16.6. The number of anilines is 1. The van der Waals surface area contributed by atoms with Crippen LogP contribution in [-0.4, -0.2) is 62.6 Å². The van der Waals surface area contributed by atoms with Gasteiger partial charge in [0.25, 0.3) is 0 Å². The van der Waals surface area contributed by atoms with Gasteiger partial charge in [0.2, 0.25) is 0 Å². The molecule has 2 aliphatic heterocycles. The van der Waals surface area contributed by atoms with E-state index in [0.717, 1.165) is 37.4 Å². The summed E-state index contributed by atoms with van der Waals surface area (Å²) in [4.78, 5) is 16.6. The summed E-state index contributed by atoms with van der Waals surface area (Å²) >= 11 is 0. The fraction of sp³-hybridized carbons (Fsp3) is 0.667. The molecule has 1 aromatic carbocycles. The van der Waals surface area contributed by atoms with Crippen molar-refractivity contribution in [3.8, 4) is 5.75 Å². The molecule has 0 saturated heterocycles. The van der Waals surface area contributed by atoms with Crippen molar-refractivity contribution in [3.05, 3.63) is 23.3 Å². The van der Waals surface area contributed by atoms with Crippen LogP contribution >= 0.6 is 0 Å². The van der Waals surface area contributed by atoms with Gasteiger partial charge in [0, 0.05) is 26.7 Å². The van der Waals surface area contributed by atoms with Gasteiger partial charge in [0.05, 0.1) is 18.8 Å². The first kappa shape index (κ1) is 19.8. The van der Waals surface area contributed by atoms with Crippen molar-refractivity contribution >= 4 is 11.8 Å². The van der Waals surface area contributed by atoms with Crippen LogP contribution in [0.2, 0.25) is 0 Å². The highest BCUT2D eigenvalue weighted by Gasteiger charge is 2.28. The van der Waals surface area contributed by atoms with Crippen molar-refractivity contribution in [1.82, 2.24) is 4.90 Å². The van der Waals surface area contributed by atoms with Crippen LogP contribution < -0.4 is 9.64 Å². The van der Waals surface area contributed by atoms with Crippen LogP contribution in [0.5, 0.6) is 5.75 Å². The molecule has 0 N–H and O–H groups in total. The maximum absolute atomic E-state index is 12.4. The second-order valence-corrected chi connectivity index (χ2v) is 8.42. The highest BCUT2D eigenvalue weighted by Crippen LogP contribution is 2.37. The van der Waals surface area contributed by atoms with E-state index in [0.29, 0.717) is 19.7 Å². The first-order valence-electron chi connectivity index (χ1n) is 9.81. The number of carbonyl (C=O) groups is 1. The molecule has 150 valence electrons. The lowest BCUT2D eigenvalue weighted by atomic mass is 10.00. The summed E-state index contributed by atoms with van der Waals surface area (Å²) in [5, 5.41) is 0. The number of fused-ring (bicyclic) bond motifs is 2. The van der Waals surface area contributed by atoms with Gasteiger partial charge < -0.3 is 24.0 Å². The maximum Gasteiger partial charge on any atom is 0.410 e. The van der Waals surface area contributed by atoms with Crippen molar-refractivity contribution in [1.29, 1.82) is 0 Å². The van der Waals surface area contributed by atoms with Gasteiger partial charge in [-0.3, -0.25) is 0 Å². The summed E-state index contributed by atoms with van der Waals surface area (Å²) in [5.41, 5.74) is 3.22. The van der Waals surface area contributed by atoms with E-state index in [2.05, 4.69) is 24.0 Å². The van der Waals surface area contributed by atoms with Gasteiger partial charge in [-0.15, -0.1) is 0 Å². The Balaban J connectivity index is 1.78. The number of benzene rings is 1. The molecule has 2 heterocycles. The van der Waals surface area contributed by atoms with E-state index in [9.17, 15) is 4.79 Å². The SMILES string of the molecule is COCCN1CC(C)Oc2cc3c(cc21)CCN(C(=O)OC(C)(C)C)CC3. The van der Waals surface area contributed by atoms with Gasteiger partial charge in [-0.05, 0) is 63.8 Å². The molecule has 1 unspecified atom stereocenters. The van der Waals surface area contributed by atoms with E-state index in [1.54, 1.807) is 7.11 Å². The van der Waals surface area contributed by atoms with Crippen LogP contribution in [0, 0.1) is 0 Å². The number of hydrogen-bond donors (Lipinski definition) is 0. The second-order valence-electron chi connectivity index (χ2n) is 8.42. The van der Waals surface area contributed by atoms with E-state index in [4.69, 9.17) is 14.2 Å². The number of amides is 1. The Bertz CT molecular complexity index is 683. The Labute approximate surface area is 162 Å². The van der Waals surface area contributed by atoms with Crippen molar-refractivity contribution in [2.24, 2.45) is 0 Å². The van der Waals surface area contributed by atoms with Gasteiger partial charge in [-0.2, -0.15) is 0 Å². The molecule has 1 amide bonds. The monoisotopic (exact) mass is 376 g/mol. The zero-order valence-electron chi connectivity index (χ0n) is 17.2. The maximum atomic E-state index is 12.4. The molecule has 0 spiro atoms. The smallest absolute Gasteiger partial charge is 0.410 e. The van der Waals surface area contributed by atoms with Gasteiger partial charge in [0.15, 0.2) is 0 Å². The molecule has 0 aromatic heterocycles. The Morgan fingerprint density at radius 1 is 1.22 bits per heavy atom. The number of methoxy groups -OCH3 is 1. The fourth-order valence-electron chi connectivity index (χ4n) is 3.67. The van der Waals surface area contributed by atoms with Crippen LogP contribution in [0.15, 0.2) is 12.1 Å². The van der Waals surface area contributed by atoms with Gasteiger partial charge in [0.1, 0.15) is 17.5 Å². The largest absolute Gasteiger partial charge is 0.487 e. The number of ether oxygens (including phenoxy) is 3. The van der Waals surface area contributed by atoms with Crippen molar-refractivity contribution < 1.29 is 19.0 Å². The van der Waals surface area contributed by atoms with Crippen molar-refractivity contribution in [3.63, 3.8) is 0 Å². The quantitative estimate of drug-likeness (QED) is 0.810. The van der Waals surface area contributed by atoms with Crippen LogP contribution in [0.3, 0.4) is 0 Å². The van der Waals surface area contributed by atoms with Gasteiger partial charge >= 0.3 is 6.09 Å². The predicted molar refractivity (Wildman–Crippen MR) is 106 cm³/mol. The molecular formula is C21H32N2O4. The number of carbonyl (C=O) groups excluding carboxylic acids is 1. The zero-order valence-corrected chi connectivity index (χ0v) is 17.2. The molecule has 1 aromatic rings. The molecule has 6 nitrogen and oxygen atoms in total. The molecule has 3 rings (SSSR count). The number of rotatable bonds is 3. The summed E-state index contributed by atoms with van der Waals surface area (Å²) in [6.45, 7) is 11.5. The molecule has 1 atom stereocenters. The Kier molecular flexibility index (Phi) is 5.84. The minimum atomic E-state index is -0.471. The lowest BCUT2D eigenvalue weighted by molar-refractivity contribution is 0.0258. The Morgan fingerprint density at radius 2 is 1.89 bits per heavy atom. The second kappa shape index (κ2) is 7.97. The molecular weight excluding hydrogens is 344 g/mol. The van der Waals surface area contributed by atoms with Crippen molar-refractivity contribution in [2.75, 3.05) is 44.8 Å². The minimum Gasteiger partial charge on any atom is -0.487 e. The van der Waals surface area contributed by atoms with E-state index in [1.807, 2.05) is 25.7 Å². The Hall–Kier alpha value is -1.95. The molecule has 6 heteroatoms. The standard InChI is InChI=1S/C21H32N2O4/c1-15-14-23(10-11-25-5)18-12-16-6-8-22(20(24)27-21(2,3)4)9-7-17(16)13-19(18)26-15/h12-13,15H,6-11,14H2,1-5H3. The van der Waals surface area contributed by atoms with E-state index in [1.165, 1.54) is 11.1 Å². The number of hydrogen-bond acceptors (Lipinski definition) is 5. The lowest BCUT2D eigenvalue weighted by Gasteiger charge is -2.35. The average molecular weight is 376 g/mol. The topological polar surface area (TPSA) is 51.2 Å². The normalized spacial score (nSPS) is 19.7. The molecule has 0 bridgehead atoms. The van der Waals surface area contributed by atoms with Gasteiger partial charge in [-0.25, -0.2) is 4.79 Å². The van der Waals surface area contributed by atoms with Crippen LogP contribution in [0.1, 0.15) is 38.8 Å². The van der Waals surface area contributed by atoms with Crippen LogP contribution in [-0.2, 0) is 22.3 Å². The third kappa shape index (κ3) is 4.86. The first-order valence-corrected chi connectivity index (χ1v) is 9.81. The summed E-state index contributed by atoms with van der Waals surface area (Å²) in [6.07, 6.45) is 1.57. The summed E-state index contributed by atoms with van der Waals surface area (Å²) in [6, 6.07) is 4.41. The fourth-order valence-corrected chi connectivity index (χ4v) is 3.67. The summed E-state index contributed by atoms with van der Waals surface area (Å²) in [5.74, 6) is 0.939. The van der Waals surface area contributed by atoms with Gasteiger partial charge in [-0.1, -0.05) is 0 Å². The van der Waals surface area contributed by atoms with Crippen molar-refractivity contribution in [2.45, 2.75) is 52.2 Å². The molecule has 0 fully saturated rings. The highest BCUT2D eigenvalue weighted by molar-refractivity contribution is 5.69. The third-order valence-electron chi connectivity index (χ3n) is 4.95. The average Bonchev–Trinajstić information content (AvgIpc) is 2.78. The minimum absolute atomic E-state index is 0.149. The summed E-state index contributed by atoms with van der Waals surface area (Å²) in [7, 11) is 1.73. The van der Waals surface area contributed by atoms with E-state index < -0.39 is 5.60 Å². The Morgan fingerprint density at radius 3 is 2.52 bits per heavy atom. The van der Waals surface area contributed by atoms with Crippen LogP contribution in [0.25, 0.3) is 0 Å². The summed E-state index contributed by atoms with van der Waals surface area (Å²) < 4.78 is 16.9. The number of nitrogens with zero attached hydrogens (tertiary/aromatic N) is 2. The van der Waals surface area contributed by atoms with E-state index >= 15 is 0 Å². The third-order valence-corrected chi connectivity index (χ3v) is 4.95. The molecule has 2 aliphatic rings. The predicted octanol–water partition coefficient (Wildman–Crippen LogP) is 3.26. The zero-order chi connectivity index (χ0) is 19.6. The lowest BCUT2D eigenvalue weighted by Crippen LogP contribution is -2.40. The molecule has 27 heavy (non-hydrogen) atoms. The van der Waals surface area contributed by atoms with E-state index in [-0.39, 0.29) is 12.2 Å².